The highest BCUT2D eigenvalue weighted by molar-refractivity contribution is 5.98. The van der Waals surface area contributed by atoms with E-state index in [0.717, 1.165) is 64.2 Å². The maximum absolute atomic E-state index is 12.5. The molecule has 0 aromatic heterocycles. The molecule has 0 aromatic rings. The third kappa shape index (κ3) is 25.4. The van der Waals surface area contributed by atoms with Crippen LogP contribution in [0, 0.1) is 5.92 Å². The maximum Gasteiger partial charge on any atom is 0.314 e. The van der Waals surface area contributed by atoms with Crippen LogP contribution in [0.1, 0.15) is 194 Å². The minimum atomic E-state index is -0.949. The summed E-state index contributed by atoms with van der Waals surface area (Å²) in [4.78, 5) is 24.1. The lowest BCUT2D eigenvalue weighted by Gasteiger charge is -2.12. The maximum atomic E-state index is 12.5. The van der Waals surface area contributed by atoms with Crippen LogP contribution in [0.3, 0.4) is 0 Å². The van der Waals surface area contributed by atoms with Crippen LogP contribution in [0.25, 0.3) is 0 Å². The number of hydrogen-bond acceptors (Lipinski definition) is 3. The van der Waals surface area contributed by atoms with Crippen molar-refractivity contribution in [3.05, 3.63) is 0 Å². The summed E-state index contributed by atoms with van der Waals surface area (Å²) >= 11 is 0. The van der Waals surface area contributed by atoms with Crippen molar-refractivity contribution in [2.75, 3.05) is 0 Å². The van der Waals surface area contributed by atoms with Gasteiger partial charge < -0.3 is 10.2 Å². The smallest absolute Gasteiger partial charge is 0.314 e. The van der Waals surface area contributed by atoms with Crippen LogP contribution in [-0.4, -0.2) is 28.1 Å². The van der Waals surface area contributed by atoms with E-state index in [9.17, 15) is 19.8 Å². The highest BCUT2D eigenvalue weighted by atomic mass is 16.4. The van der Waals surface area contributed by atoms with Crippen LogP contribution in [0.4, 0.5) is 0 Å². The van der Waals surface area contributed by atoms with E-state index >= 15 is 0 Å². The number of aliphatic hydroxyl groups is 1. The van der Waals surface area contributed by atoms with Gasteiger partial charge >= 0.3 is 5.97 Å². The summed E-state index contributed by atoms with van der Waals surface area (Å²) in [5.74, 6) is -1.85. The zero-order valence-corrected chi connectivity index (χ0v) is 25.7. The number of aliphatic hydroxyl groups excluding tert-OH is 1. The second-order valence-corrected chi connectivity index (χ2v) is 11.9. The Bertz CT molecular complexity index is 519. The van der Waals surface area contributed by atoms with Gasteiger partial charge in [-0.15, -0.1) is 0 Å². The van der Waals surface area contributed by atoms with Gasteiger partial charge in [-0.05, 0) is 25.7 Å². The standard InChI is InChI=1S/C34H66O4/c1-3-5-7-9-11-12-13-14-15-16-18-20-26-30-33(36)32(34(37)38)29-25-22-21-24-28-31(35)27-23-19-17-10-8-6-4-2/h31-32,35H,3-30H2,1-2H3,(H,37,38). The number of Topliss-reactive ketones (excluding diaryl/α,β-unsaturated/α-hetero) is 1. The monoisotopic (exact) mass is 538 g/mol. The van der Waals surface area contributed by atoms with E-state index in [1.54, 1.807) is 0 Å². The Kier molecular flexibility index (Phi) is 28.4. The van der Waals surface area contributed by atoms with E-state index in [0.29, 0.717) is 12.8 Å². The Morgan fingerprint density at radius 3 is 1.16 bits per heavy atom. The number of carboxylic acid groups (broad SMARTS) is 1. The second-order valence-electron chi connectivity index (χ2n) is 11.9. The van der Waals surface area contributed by atoms with Gasteiger partial charge in [-0.1, -0.05) is 162 Å². The fraction of sp³-hybridized carbons (Fsp3) is 0.941. The van der Waals surface area contributed by atoms with E-state index in [2.05, 4.69) is 13.8 Å². The lowest BCUT2D eigenvalue weighted by molar-refractivity contribution is -0.146. The van der Waals surface area contributed by atoms with Gasteiger partial charge in [-0.2, -0.15) is 0 Å². The molecular weight excluding hydrogens is 472 g/mol. The zero-order valence-electron chi connectivity index (χ0n) is 25.7. The molecule has 2 unspecified atom stereocenters. The summed E-state index contributed by atoms with van der Waals surface area (Å²) < 4.78 is 0. The number of rotatable bonds is 31. The molecule has 4 nitrogen and oxygen atoms in total. The van der Waals surface area contributed by atoms with Crippen molar-refractivity contribution in [3.8, 4) is 0 Å². The Morgan fingerprint density at radius 1 is 0.474 bits per heavy atom. The molecule has 0 spiro atoms. The highest BCUT2D eigenvalue weighted by Crippen LogP contribution is 2.19. The molecule has 0 rings (SSSR count). The van der Waals surface area contributed by atoms with Gasteiger partial charge in [0.15, 0.2) is 0 Å². The predicted molar refractivity (Wildman–Crippen MR) is 163 cm³/mol. The lowest BCUT2D eigenvalue weighted by atomic mass is 9.93. The third-order valence-corrected chi connectivity index (χ3v) is 8.13. The summed E-state index contributed by atoms with van der Waals surface area (Å²) in [7, 11) is 0. The second kappa shape index (κ2) is 29.1. The normalized spacial score (nSPS) is 13.0. The number of carbonyl (C=O) groups excluding carboxylic acids is 1. The van der Waals surface area contributed by atoms with Gasteiger partial charge in [0, 0.05) is 6.42 Å². The summed E-state index contributed by atoms with van der Waals surface area (Å²) in [6.07, 6.45) is 31.5. The van der Waals surface area contributed by atoms with Gasteiger partial charge in [-0.3, -0.25) is 9.59 Å². The number of hydrogen-bond donors (Lipinski definition) is 2. The van der Waals surface area contributed by atoms with Crippen molar-refractivity contribution in [2.24, 2.45) is 5.92 Å². The van der Waals surface area contributed by atoms with Crippen molar-refractivity contribution in [3.63, 3.8) is 0 Å². The molecule has 226 valence electrons. The van der Waals surface area contributed by atoms with Crippen molar-refractivity contribution in [2.45, 2.75) is 200 Å². The molecule has 0 aliphatic carbocycles. The summed E-state index contributed by atoms with van der Waals surface area (Å²) in [5, 5.41) is 19.7. The van der Waals surface area contributed by atoms with E-state index in [-0.39, 0.29) is 11.9 Å². The van der Waals surface area contributed by atoms with Crippen LogP contribution in [0.2, 0.25) is 0 Å². The minimum Gasteiger partial charge on any atom is -0.481 e. The van der Waals surface area contributed by atoms with Gasteiger partial charge in [0.05, 0.1) is 6.10 Å². The van der Waals surface area contributed by atoms with E-state index in [4.69, 9.17) is 0 Å². The molecule has 0 fully saturated rings. The largest absolute Gasteiger partial charge is 0.481 e. The average molecular weight is 539 g/mol. The third-order valence-electron chi connectivity index (χ3n) is 8.13. The van der Waals surface area contributed by atoms with Gasteiger partial charge in [-0.25, -0.2) is 0 Å². The number of carboxylic acids is 1. The first-order valence-corrected chi connectivity index (χ1v) is 17.0. The summed E-state index contributed by atoms with van der Waals surface area (Å²) in [6, 6.07) is 0. The molecule has 2 atom stereocenters. The van der Waals surface area contributed by atoms with Gasteiger partial charge in [0.25, 0.3) is 0 Å². The number of aliphatic carboxylic acids is 1. The first-order valence-electron chi connectivity index (χ1n) is 17.0. The van der Waals surface area contributed by atoms with Crippen LogP contribution in [0.15, 0.2) is 0 Å². The first kappa shape index (κ1) is 37.1. The molecular formula is C34H66O4. The highest BCUT2D eigenvalue weighted by Gasteiger charge is 2.24. The molecule has 0 aliphatic rings. The van der Waals surface area contributed by atoms with E-state index < -0.39 is 11.9 Å². The van der Waals surface area contributed by atoms with Gasteiger partial charge in [0.1, 0.15) is 11.7 Å². The molecule has 0 aromatic carbocycles. The Morgan fingerprint density at radius 2 is 0.789 bits per heavy atom. The number of ketones is 1. The molecule has 0 amide bonds. The summed E-state index contributed by atoms with van der Waals surface area (Å²) in [6.45, 7) is 4.50. The van der Waals surface area contributed by atoms with E-state index in [1.165, 1.54) is 103 Å². The quantitative estimate of drug-likeness (QED) is 0.0680. The number of unbranched alkanes of at least 4 members (excludes halogenated alkanes) is 21. The van der Waals surface area contributed by atoms with Crippen LogP contribution in [0.5, 0.6) is 0 Å². The molecule has 38 heavy (non-hydrogen) atoms. The van der Waals surface area contributed by atoms with Crippen molar-refractivity contribution < 1.29 is 19.8 Å². The fourth-order valence-corrected chi connectivity index (χ4v) is 5.48. The molecule has 0 heterocycles. The van der Waals surface area contributed by atoms with Gasteiger partial charge in [0.2, 0.25) is 0 Å². The van der Waals surface area contributed by atoms with Crippen LogP contribution < -0.4 is 0 Å². The molecule has 2 N–H and O–H groups in total. The Balaban J connectivity index is 3.66. The molecule has 0 aliphatic heterocycles. The molecule has 0 saturated heterocycles. The fourth-order valence-electron chi connectivity index (χ4n) is 5.48. The molecule has 0 bridgehead atoms. The van der Waals surface area contributed by atoms with Crippen molar-refractivity contribution in [1.82, 2.24) is 0 Å². The Labute approximate surface area is 237 Å². The molecule has 0 radical (unpaired) electrons. The zero-order chi connectivity index (χ0) is 28.1. The molecule has 0 saturated carbocycles. The minimum absolute atomic E-state index is 0.0781. The first-order chi connectivity index (χ1) is 18.5. The van der Waals surface area contributed by atoms with Crippen molar-refractivity contribution >= 4 is 11.8 Å². The molecule has 4 heteroatoms. The van der Waals surface area contributed by atoms with Crippen molar-refractivity contribution in [1.29, 1.82) is 0 Å². The van der Waals surface area contributed by atoms with Crippen LogP contribution >= 0.6 is 0 Å². The SMILES string of the molecule is CCCCCCCCCCCCCCCC(=O)C(CCCCCCC(O)CCCCCCCCC)C(=O)O. The number of carbonyl (C=O) groups is 2. The average Bonchev–Trinajstić information content (AvgIpc) is 2.90. The van der Waals surface area contributed by atoms with Crippen LogP contribution in [-0.2, 0) is 9.59 Å². The predicted octanol–water partition coefficient (Wildman–Crippen LogP) is 10.6. The topological polar surface area (TPSA) is 74.6 Å². The lowest BCUT2D eigenvalue weighted by Crippen LogP contribution is -2.23. The Hall–Kier alpha value is -0.900. The van der Waals surface area contributed by atoms with E-state index in [1.807, 2.05) is 0 Å². The summed E-state index contributed by atoms with van der Waals surface area (Å²) in [5.41, 5.74) is 0.